The molecule has 2 N–H and O–H groups in total. The predicted molar refractivity (Wildman–Crippen MR) is 77.5 cm³/mol. The van der Waals surface area contributed by atoms with Crippen LogP contribution in [0.2, 0.25) is 0 Å². The van der Waals surface area contributed by atoms with E-state index in [0.29, 0.717) is 5.56 Å². The summed E-state index contributed by atoms with van der Waals surface area (Å²) in [6.07, 6.45) is -3.24. The van der Waals surface area contributed by atoms with Crippen LogP contribution in [-0.2, 0) is 18.9 Å². The van der Waals surface area contributed by atoms with Gasteiger partial charge in [-0.15, -0.1) is 0 Å². The van der Waals surface area contributed by atoms with E-state index in [0.717, 1.165) is 0 Å². The molecule has 0 amide bonds. The Balaban J connectivity index is 1.84. The van der Waals surface area contributed by atoms with Crippen molar-refractivity contribution in [3.63, 3.8) is 0 Å². The number of carbonyl (C=O) groups is 1. The predicted octanol–water partition coefficient (Wildman–Crippen LogP) is 0.443. The summed E-state index contributed by atoms with van der Waals surface area (Å²) < 4.78 is 22.3. The lowest BCUT2D eigenvalue weighted by Gasteiger charge is -2.29. The van der Waals surface area contributed by atoms with Gasteiger partial charge in [-0.3, -0.25) is 0 Å². The SMILES string of the molecule is CC1(C)OCC2(O[C@@H](CO)[C@@H](O)[C@@H]2OC(=O)c2ccccc2)O1. The fraction of sp³-hybridized carbons (Fsp3) is 0.562. The van der Waals surface area contributed by atoms with Crippen LogP contribution in [-0.4, -0.2) is 59.3 Å². The standard InChI is InChI=1S/C16H20O7/c1-15(2)20-9-16(23-15)13(12(18)11(8-17)22-16)21-14(19)10-6-4-3-5-7-10/h3-7,11-13,17-18H,8-9H2,1-2H3/t11-,12+,13-,16?/m0/s1. The molecule has 1 spiro atoms. The lowest BCUT2D eigenvalue weighted by molar-refractivity contribution is -0.269. The number of rotatable bonds is 3. The van der Waals surface area contributed by atoms with Gasteiger partial charge in [0.1, 0.15) is 18.8 Å². The molecule has 2 aliphatic rings. The molecule has 7 heteroatoms. The normalized spacial score (nSPS) is 35.6. The highest BCUT2D eigenvalue weighted by Gasteiger charge is 2.63. The molecule has 2 fully saturated rings. The van der Waals surface area contributed by atoms with Gasteiger partial charge >= 0.3 is 5.97 Å². The van der Waals surface area contributed by atoms with Gasteiger partial charge in [-0.05, 0) is 26.0 Å². The largest absolute Gasteiger partial charge is 0.450 e. The lowest BCUT2D eigenvalue weighted by Crippen LogP contribution is -2.49. The van der Waals surface area contributed by atoms with Crippen LogP contribution in [0.4, 0.5) is 0 Å². The molecule has 23 heavy (non-hydrogen) atoms. The van der Waals surface area contributed by atoms with Crippen molar-refractivity contribution in [2.75, 3.05) is 13.2 Å². The molecule has 4 atom stereocenters. The number of ether oxygens (including phenoxy) is 4. The van der Waals surface area contributed by atoms with Gasteiger partial charge in [-0.25, -0.2) is 4.79 Å². The second-order valence-electron chi connectivity index (χ2n) is 6.12. The van der Waals surface area contributed by atoms with E-state index >= 15 is 0 Å². The first-order valence-electron chi connectivity index (χ1n) is 7.44. The highest BCUT2D eigenvalue weighted by molar-refractivity contribution is 5.89. The van der Waals surface area contributed by atoms with Gasteiger partial charge in [-0.1, -0.05) is 18.2 Å². The Morgan fingerprint density at radius 2 is 2.04 bits per heavy atom. The zero-order chi connectivity index (χ0) is 16.7. The molecule has 0 radical (unpaired) electrons. The van der Waals surface area contributed by atoms with Crippen LogP contribution >= 0.6 is 0 Å². The van der Waals surface area contributed by atoms with Crippen molar-refractivity contribution in [1.29, 1.82) is 0 Å². The van der Waals surface area contributed by atoms with Crippen LogP contribution in [0.15, 0.2) is 30.3 Å². The maximum absolute atomic E-state index is 12.3. The van der Waals surface area contributed by atoms with E-state index in [2.05, 4.69) is 0 Å². The molecular formula is C16H20O7. The average Bonchev–Trinajstić information content (AvgIpc) is 2.98. The Morgan fingerprint density at radius 3 is 2.61 bits per heavy atom. The lowest BCUT2D eigenvalue weighted by atomic mass is 10.1. The summed E-state index contributed by atoms with van der Waals surface area (Å²) in [5.74, 6) is -2.98. The number of esters is 1. The summed E-state index contributed by atoms with van der Waals surface area (Å²) >= 11 is 0. The third-order valence-electron chi connectivity index (χ3n) is 3.94. The molecule has 0 aliphatic carbocycles. The number of aliphatic hydroxyl groups is 2. The molecule has 7 nitrogen and oxygen atoms in total. The van der Waals surface area contributed by atoms with E-state index < -0.39 is 42.5 Å². The average molecular weight is 324 g/mol. The minimum absolute atomic E-state index is 0.0136. The summed E-state index contributed by atoms with van der Waals surface area (Å²) in [6, 6.07) is 8.42. The Bertz CT molecular complexity index is 573. The minimum Gasteiger partial charge on any atom is -0.450 e. The summed E-state index contributed by atoms with van der Waals surface area (Å²) in [4.78, 5) is 12.3. The summed E-state index contributed by atoms with van der Waals surface area (Å²) in [5.41, 5.74) is 0.348. The second kappa shape index (κ2) is 5.85. The van der Waals surface area contributed by atoms with E-state index in [1.165, 1.54) is 0 Å². The Hall–Kier alpha value is -1.51. The van der Waals surface area contributed by atoms with Crippen LogP contribution in [0, 0.1) is 0 Å². The maximum Gasteiger partial charge on any atom is 0.338 e. The third kappa shape index (κ3) is 2.98. The molecule has 2 aliphatic heterocycles. The number of benzene rings is 1. The molecule has 0 bridgehead atoms. The van der Waals surface area contributed by atoms with Crippen LogP contribution < -0.4 is 0 Å². The maximum atomic E-state index is 12.3. The quantitative estimate of drug-likeness (QED) is 0.779. The van der Waals surface area contributed by atoms with Gasteiger partial charge < -0.3 is 29.2 Å². The van der Waals surface area contributed by atoms with E-state index in [1.54, 1.807) is 44.2 Å². The van der Waals surface area contributed by atoms with Gasteiger partial charge in [0.15, 0.2) is 11.9 Å². The van der Waals surface area contributed by atoms with Crippen molar-refractivity contribution >= 4 is 5.97 Å². The first-order chi connectivity index (χ1) is 10.9. The fourth-order valence-electron chi connectivity index (χ4n) is 2.86. The fourth-order valence-corrected chi connectivity index (χ4v) is 2.86. The van der Waals surface area contributed by atoms with Gasteiger partial charge in [0.2, 0.25) is 5.79 Å². The second-order valence-corrected chi connectivity index (χ2v) is 6.12. The van der Waals surface area contributed by atoms with E-state index in [4.69, 9.17) is 18.9 Å². The van der Waals surface area contributed by atoms with Crippen LogP contribution in [0.5, 0.6) is 0 Å². The van der Waals surface area contributed by atoms with E-state index in [-0.39, 0.29) is 6.61 Å². The van der Waals surface area contributed by atoms with Crippen molar-refractivity contribution in [3.8, 4) is 0 Å². The molecule has 3 rings (SSSR count). The minimum atomic E-state index is -1.43. The number of hydrogen-bond acceptors (Lipinski definition) is 7. The highest BCUT2D eigenvalue weighted by atomic mass is 16.9. The van der Waals surface area contributed by atoms with Crippen molar-refractivity contribution in [2.45, 2.75) is 43.7 Å². The molecule has 2 saturated heterocycles. The first-order valence-corrected chi connectivity index (χ1v) is 7.44. The highest BCUT2D eigenvalue weighted by Crippen LogP contribution is 2.43. The summed E-state index contributed by atoms with van der Waals surface area (Å²) in [6.45, 7) is 2.95. The van der Waals surface area contributed by atoms with Crippen molar-refractivity contribution in [2.24, 2.45) is 0 Å². The summed E-state index contributed by atoms with van der Waals surface area (Å²) in [5, 5.41) is 19.7. The number of carbonyl (C=O) groups excluding carboxylic acids is 1. The van der Waals surface area contributed by atoms with Crippen molar-refractivity contribution < 1.29 is 34.0 Å². The van der Waals surface area contributed by atoms with E-state index in [9.17, 15) is 15.0 Å². The van der Waals surface area contributed by atoms with Crippen LogP contribution in [0.3, 0.4) is 0 Å². The Labute approximate surface area is 133 Å². The van der Waals surface area contributed by atoms with Crippen molar-refractivity contribution in [1.82, 2.24) is 0 Å². The molecule has 1 aromatic carbocycles. The zero-order valence-corrected chi connectivity index (χ0v) is 13.0. The van der Waals surface area contributed by atoms with Gasteiger partial charge in [-0.2, -0.15) is 0 Å². The first kappa shape index (κ1) is 16.4. The molecule has 0 saturated carbocycles. The van der Waals surface area contributed by atoms with Crippen LogP contribution in [0.25, 0.3) is 0 Å². The van der Waals surface area contributed by atoms with Crippen LogP contribution in [0.1, 0.15) is 24.2 Å². The monoisotopic (exact) mass is 324 g/mol. The molecular weight excluding hydrogens is 304 g/mol. The topological polar surface area (TPSA) is 94.5 Å². The smallest absolute Gasteiger partial charge is 0.338 e. The third-order valence-corrected chi connectivity index (χ3v) is 3.94. The molecule has 1 aromatic rings. The zero-order valence-electron chi connectivity index (χ0n) is 13.0. The molecule has 126 valence electrons. The number of hydrogen-bond donors (Lipinski definition) is 2. The van der Waals surface area contributed by atoms with Gasteiger partial charge in [0.05, 0.1) is 12.2 Å². The Morgan fingerprint density at radius 1 is 1.35 bits per heavy atom. The Kier molecular flexibility index (Phi) is 4.16. The summed E-state index contributed by atoms with van der Waals surface area (Å²) in [7, 11) is 0. The van der Waals surface area contributed by atoms with E-state index in [1.807, 2.05) is 0 Å². The van der Waals surface area contributed by atoms with Gasteiger partial charge in [0, 0.05) is 0 Å². The molecule has 0 aromatic heterocycles. The van der Waals surface area contributed by atoms with Gasteiger partial charge in [0.25, 0.3) is 0 Å². The molecule has 1 unspecified atom stereocenters. The number of aliphatic hydroxyl groups excluding tert-OH is 2. The van der Waals surface area contributed by atoms with Crippen molar-refractivity contribution in [3.05, 3.63) is 35.9 Å². The molecule has 2 heterocycles.